The third kappa shape index (κ3) is 4.52. The molecule has 0 aromatic carbocycles. The van der Waals surface area contributed by atoms with Crippen molar-refractivity contribution in [3.63, 3.8) is 0 Å². The Morgan fingerprint density at radius 3 is 1.09 bits per heavy atom. The molecule has 0 aromatic heterocycles. The molecular formula is C20H30N2. The summed E-state index contributed by atoms with van der Waals surface area (Å²) < 4.78 is 0. The molecule has 2 aliphatic carbocycles. The smallest absolute Gasteiger partial charge is 0.0613 e. The highest BCUT2D eigenvalue weighted by atomic mass is 15.2. The highest BCUT2D eigenvalue weighted by Crippen LogP contribution is 2.23. The minimum absolute atomic E-state index is 0.728. The molecule has 120 valence electrons. The van der Waals surface area contributed by atoms with E-state index < -0.39 is 0 Å². The first-order valence-electron chi connectivity index (χ1n) is 9.33. The van der Waals surface area contributed by atoms with E-state index in [0.29, 0.717) is 0 Å². The molecule has 0 saturated heterocycles. The van der Waals surface area contributed by atoms with E-state index in [1.807, 2.05) is 0 Å². The quantitative estimate of drug-likeness (QED) is 0.722. The molecule has 2 heteroatoms. The number of nitrogens with zero attached hydrogens (tertiary/aromatic N) is 2. The summed E-state index contributed by atoms with van der Waals surface area (Å²) >= 11 is 0. The average Bonchev–Trinajstić information content (AvgIpc) is 2.60. The van der Waals surface area contributed by atoms with E-state index >= 15 is 0 Å². The molecule has 0 spiro atoms. The van der Waals surface area contributed by atoms with E-state index in [2.05, 4.69) is 33.5 Å². The second-order valence-corrected chi connectivity index (χ2v) is 7.10. The van der Waals surface area contributed by atoms with Crippen LogP contribution < -0.4 is 0 Å². The first kappa shape index (κ1) is 15.9. The van der Waals surface area contributed by atoms with Gasteiger partial charge in [0.25, 0.3) is 0 Å². The molecule has 0 radical (unpaired) electrons. The van der Waals surface area contributed by atoms with Gasteiger partial charge in [-0.25, -0.2) is 0 Å². The number of hydrogen-bond acceptors (Lipinski definition) is 2. The summed E-state index contributed by atoms with van der Waals surface area (Å²) in [6.07, 6.45) is 13.8. The molecule has 0 N–H and O–H groups in total. The van der Waals surface area contributed by atoms with Crippen LogP contribution in [-0.4, -0.2) is 48.1 Å². The Morgan fingerprint density at radius 2 is 0.773 bits per heavy atom. The van der Waals surface area contributed by atoms with Crippen LogP contribution in [0.25, 0.3) is 0 Å². The summed E-state index contributed by atoms with van der Waals surface area (Å²) in [5, 5.41) is 0. The second-order valence-electron chi connectivity index (χ2n) is 7.10. The van der Waals surface area contributed by atoms with Crippen LogP contribution in [0.15, 0.2) is 0 Å². The maximum absolute atomic E-state index is 3.44. The van der Waals surface area contributed by atoms with Gasteiger partial charge in [-0.1, -0.05) is 62.2 Å². The van der Waals surface area contributed by atoms with Gasteiger partial charge in [0.1, 0.15) is 0 Å². The summed E-state index contributed by atoms with van der Waals surface area (Å²) in [5.74, 6) is 13.8. The minimum Gasteiger partial charge on any atom is -0.278 e. The molecule has 2 nitrogen and oxygen atoms in total. The SMILES string of the molecule is C1#CCN(C2CCCCC2)CC#CCN(C2CCCCC2)C1. The molecule has 0 aromatic rings. The average molecular weight is 298 g/mol. The van der Waals surface area contributed by atoms with Crippen molar-refractivity contribution in [1.82, 2.24) is 9.80 Å². The lowest BCUT2D eigenvalue weighted by atomic mass is 9.94. The van der Waals surface area contributed by atoms with E-state index in [1.165, 1.54) is 64.2 Å². The summed E-state index contributed by atoms with van der Waals surface area (Å²) in [6, 6.07) is 1.46. The van der Waals surface area contributed by atoms with Crippen molar-refractivity contribution < 1.29 is 0 Å². The van der Waals surface area contributed by atoms with Crippen molar-refractivity contribution >= 4 is 0 Å². The largest absolute Gasteiger partial charge is 0.278 e. The normalized spacial score (nSPS) is 26.5. The third-order valence-electron chi connectivity index (χ3n) is 5.56. The van der Waals surface area contributed by atoms with Crippen LogP contribution in [0.1, 0.15) is 64.2 Å². The molecular weight excluding hydrogens is 268 g/mol. The van der Waals surface area contributed by atoms with Gasteiger partial charge in [0.2, 0.25) is 0 Å². The zero-order chi connectivity index (χ0) is 15.0. The molecule has 0 bridgehead atoms. The Morgan fingerprint density at radius 1 is 0.455 bits per heavy atom. The lowest BCUT2D eigenvalue weighted by molar-refractivity contribution is 0.189. The first-order valence-corrected chi connectivity index (χ1v) is 9.33. The van der Waals surface area contributed by atoms with Crippen LogP contribution in [0.5, 0.6) is 0 Å². The van der Waals surface area contributed by atoms with Crippen LogP contribution in [0.4, 0.5) is 0 Å². The van der Waals surface area contributed by atoms with Gasteiger partial charge in [0.05, 0.1) is 26.2 Å². The molecule has 0 amide bonds. The van der Waals surface area contributed by atoms with Gasteiger partial charge in [-0.2, -0.15) is 0 Å². The Balaban J connectivity index is 1.57. The van der Waals surface area contributed by atoms with E-state index in [0.717, 1.165) is 38.3 Å². The maximum Gasteiger partial charge on any atom is 0.0613 e. The predicted molar refractivity (Wildman–Crippen MR) is 92.4 cm³/mol. The molecule has 3 rings (SSSR count). The lowest BCUT2D eigenvalue weighted by Gasteiger charge is -2.33. The fraction of sp³-hybridized carbons (Fsp3) is 0.800. The van der Waals surface area contributed by atoms with Gasteiger partial charge in [0.15, 0.2) is 0 Å². The van der Waals surface area contributed by atoms with Crippen molar-refractivity contribution in [3.05, 3.63) is 0 Å². The van der Waals surface area contributed by atoms with Crippen LogP contribution >= 0.6 is 0 Å². The van der Waals surface area contributed by atoms with Crippen molar-refractivity contribution in [2.45, 2.75) is 76.3 Å². The monoisotopic (exact) mass is 298 g/mol. The fourth-order valence-corrected chi connectivity index (χ4v) is 4.15. The minimum atomic E-state index is 0.728. The molecule has 22 heavy (non-hydrogen) atoms. The second kappa shape index (κ2) is 8.61. The highest BCUT2D eigenvalue weighted by molar-refractivity contribution is 5.11. The van der Waals surface area contributed by atoms with E-state index in [4.69, 9.17) is 0 Å². The molecule has 3 aliphatic rings. The van der Waals surface area contributed by atoms with Crippen molar-refractivity contribution in [3.8, 4) is 23.7 Å². The Bertz CT molecular complexity index is 386. The molecule has 1 heterocycles. The standard InChI is InChI=1S/C20H30N2/c1-3-11-19(12-4-1)21-15-7-9-17-22(18-10-8-16-21)20-13-5-2-6-14-20/h19-20H,1-6,11-18H2. The van der Waals surface area contributed by atoms with Gasteiger partial charge in [-0.05, 0) is 25.7 Å². The zero-order valence-corrected chi connectivity index (χ0v) is 13.9. The number of rotatable bonds is 2. The Labute approximate surface area is 136 Å². The molecule has 2 fully saturated rings. The van der Waals surface area contributed by atoms with Crippen LogP contribution in [0, 0.1) is 23.7 Å². The van der Waals surface area contributed by atoms with Crippen LogP contribution in [-0.2, 0) is 0 Å². The number of hydrogen-bond donors (Lipinski definition) is 0. The fourth-order valence-electron chi connectivity index (χ4n) is 4.15. The highest BCUT2D eigenvalue weighted by Gasteiger charge is 2.21. The molecule has 1 aliphatic heterocycles. The molecule has 0 atom stereocenters. The zero-order valence-electron chi connectivity index (χ0n) is 13.9. The first-order chi connectivity index (χ1) is 10.9. The summed E-state index contributed by atoms with van der Waals surface area (Å²) in [4.78, 5) is 5.05. The van der Waals surface area contributed by atoms with Gasteiger partial charge in [0, 0.05) is 12.1 Å². The van der Waals surface area contributed by atoms with Gasteiger partial charge >= 0.3 is 0 Å². The van der Waals surface area contributed by atoms with Crippen molar-refractivity contribution in [2.75, 3.05) is 26.2 Å². The van der Waals surface area contributed by atoms with E-state index in [1.54, 1.807) is 0 Å². The van der Waals surface area contributed by atoms with Crippen molar-refractivity contribution in [1.29, 1.82) is 0 Å². The summed E-state index contributed by atoms with van der Waals surface area (Å²) in [5.41, 5.74) is 0. The summed E-state index contributed by atoms with van der Waals surface area (Å²) in [7, 11) is 0. The van der Waals surface area contributed by atoms with Crippen LogP contribution in [0.3, 0.4) is 0 Å². The molecule has 2 saturated carbocycles. The topological polar surface area (TPSA) is 6.48 Å². The predicted octanol–water partition coefficient (Wildman–Crippen LogP) is 3.28. The molecule has 0 unspecified atom stereocenters. The van der Waals surface area contributed by atoms with E-state index in [-0.39, 0.29) is 0 Å². The lowest BCUT2D eigenvalue weighted by Crippen LogP contribution is -2.39. The van der Waals surface area contributed by atoms with Crippen LogP contribution in [0.2, 0.25) is 0 Å². The third-order valence-corrected chi connectivity index (χ3v) is 5.56. The summed E-state index contributed by atoms with van der Waals surface area (Å²) in [6.45, 7) is 3.66. The van der Waals surface area contributed by atoms with Gasteiger partial charge < -0.3 is 0 Å². The Hall–Kier alpha value is -0.960. The Kier molecular flexibility index (Phi) is 6.23. The van der Waals surface area contributed by atoms with Crippen molar-refractivity contribution in [2.24, 2.45) is 0 Å². The van der Waals surface area contributed by atoms with Gasteiger partial charge in [-0.15, -0.1) is 0 Å². The van der Waals surface area contributed by atoms with Gasteiger partial charge in [-0.3, -0.25) is 9.80 Å². The maximum atomic E-state index is 3.44. The van der Waals surface area contributed by atoms with E-state index in [9.17, 15) is 0 Å².